The molecule has 9 nitrogen and oxygen atoms in total. The van der Waals surface area contributed by atoms with Crippen molar-refractivity contribution in [3.8, 4) is 11.9 Å². The van der Waals surface area contributed by atoms with Crippen LogP contribution in [0.5, 0.6) is 5.88 Å². The zero-order valence-corrected chi connectivity index (χ0v) is 14.4. The Labute approximate surface area is 148 Å². The molecule has 2 rings (SSSR count). The fraction of sp³-hybridized carbons (Fsp3) is 0.400. The molecule has 2 aromatic rings. The number of hydrogen-bond donors (Lipinski definition) is 1. The van der Waals surface area contributed by atoms with E-state index in [1.54, 1.807) is 6.92 Å². The van der Waals surface area contributed by atoms with Gasteiger partial charge in [0.2, 0.25) is 16.9 Å². The van der Waals surface area contributed by atoms with E-state index in [0.29, 0.717) is 25.0 Å². The summed E-state index contributed by atoms with van der Waals surface area (Å²) in [5.74, 6) is -0.373. The number of hydrogen-bond acceptors (Lipinski definition) is 8. The average Bonchev–Trinajstić information content (AvgIpc) is 3.00. The van der Waals surface area contributed by atoms with Crippen LogP contribution in [0.3, 0.4) is 0 Å². The molecule has 0 aliphatic rings. The first kappa shape index (κ1) is 18.6. The standard InChI is InChI=1S/C15H16ClN5O4/c1-3-5-9-10(7-17)14(22)21(8-24-4-2)15(23)13(9)19-18-12-6-11(16)25-20-12/h6,22H,3-5,8H2,1-2H3. The van der Waals surface area contributed by atoms with Gasteiger partial charge >= 0.3 is 0 Å². The highest BCUT2D eigenvalue weighted by Gasteiger charge is 2.21. The second-order valence-electron chi connectivity index (χ2n) is 4.93. The summed E-state index contributed by atoms with van der Waals surface area (Å²) in [5, 5.41) is 31.0. The molecule has 0 aliphatic carbocycles. The van der Waals surface area contributed by atoms with E-state index >= 15 is 0 Å². The third-order valence-electron chi connectivity index (χ3n) is 3.27. The highest BCUT2D eigenvalue weighted by atomic mass is 35.5. The van der Waals surface area contributed by atoms with Crippen molar-refractivity contribution < 1.29 is 14.4 Å². The van der Waals surface area contributed by atoms with Gasteiger partial charge in [0.1, 0.15) is 18.4 Å². The summed E-state index contributed by atoms with van der Waals surface area (Å²) in [5.41, 5.74) is -0.395. The maximum Gasteiger partial charge on any atom is 0.283 e. The topological polar surface area (TPSA) is 126 Å². The van der Waals surface area contributed by atoms with Gasteiger partial charge in [-0.1, -0.05) is 18.5 Å². The van der Waals surface area contributed by atoms with Crippen LogP contribution in [0, 0.1) is 11.3 Å². The first-order valence-corrected chi connectivity index (χ1v) is 7.91. The van der Waals surface area contributed by atoms with Crippen LogP contribution in [0.15, 0.2) is 25.6 Å². The molecular formula is C15H16ClN5O4. The molecule has 0 unspecified atom stereocenters. The van der Waals surface area contributed by atoms with E-state index < -0.39 is 11.4 Å². The number of ether oxygens (including phenoxy) is 1. The maximum atomic E-state index is 12.7. The normalized spacial score (nSPS) is 11.1. The highest BCUT2D eigenvalue weighted by Crippen LogP contribution is 2.29. The molecule has 0 bridgehead atoms. The molecule has 0 spiro atoms. The Morgan fingerprint density at radius 3 is 2.80 bits per heavy atom. The molecule has 0 aromatic carbocycles. The predicted molar refractivity (Wildman–Crippen MR) is 88.4 cm³/mol. The molecule has 0 fully saturated rings. The summed E-state index contributed by atoms with van der Waals surface area (Å²) in [6.45, 7) is 3.75. The number of pyridine rings is 1. The molecule has 2 aromatic heterocycles. The van der Waals surface area contributed by atoms with E-state index in [2.05, 4.69) is 19.9 Å². The third-order valence-corrected chi connectivity index (χ3v) is 3.45. The maximum absolute atomic E-state index is 12.7. The third kappa shape index (κ3) is 4.04. The minimum Gasteiger partial charge on any atom is -0.493 e. The number of aromatic hydroxyl groups is 1. The SMILES string of the molecule is CCCc1c(C#N)c(O)n(COCC)c(=O)c1N=Nc1cc(Cl)on1. The molecule has 1 N–H and O–H groups in total. The van der Waals surface area contributed by atoms with Gasteiger partial charge < -0.3 is 14.4 Å². The van der Waals surface area contributed by atoms with Gasteiger partial charge in [0, 0.05) is 18.2 Å². The number of azo groups is 1. The van der Waals surface area contributed by atoms with Crippen molar-refractivity contribution in [3.63, 3.8) is 0 Å². The van der Waals surface area contributed by atoms with Gasteiger partial charge in [-0.05, 0) is 24.9 Å². The molecular weight excluding hydrogens is 350 g/mol. The summed E-state index contributed by atoms with van der Waals surface area (Å²) >= 11 is 5.62. The molecule has 0 saturated heterocycles. The number of halogens is 1. The quantitative estimate of drug-likeness (QED) is 0.749. The van der Waals surface area contributed by atoms with Gasteiger partial charge in [0.25, 0.3) is 5.56 Å². The minimum absolute atomic E-state index is 0.0277. The van der Waals surface area contributed by atoms with Gasteiger partial charge in [-0.15, -0.1) is 10.2 Å². The average molecular weight is 366 g/mol. The Kier molecular flexibility index (Phi) is 6.27. The Morgan fingerprint density at radius 1 is 1.48 bits per heavy atom. The molecule has 0 radical (unpaired) electrons. The Hall–Kier alpha value is -2.70. The van der Waals surface area contributed by atoms with Crippen molar-refractivity contribution in [2.24, 2.45) is 10.2 Å². The largest absolute Gasteiger partial charge is 0.493 e. The lowest BCUT2D eigenvalue weighted by atomic mass is 10.0. The number of aromatic nitrogens is 2. The zero-order chi connectivity index (χ0) is 18.4. The second-order valence-corrected chi connectivity index (χ2v) is 5.30. The molecule has 0 saturated carbocycles. The van der Waals surface area contributed by atoms with Crippen molar-refractivity contribution in [2.75, 3.05) is 6.61 Å². The Morgan fingerprint density at radius 2 is 2.24 bits per heavy atom. The van der Waals surface area contributed by atoms with Crippen LogP contribution in [-0.4, -0.2) is 21.4 Å². The highest BCUT2D eigenvalue weighted by molar-refractivity contribution is 6.28. The van der Waals surface area contributed by atoms with Crippen LogP contribution in [-0.2, 0) is 17.9 Å². The summed E-state index contributed by atoms with van der Waals surface area (Å²) in [4.78, 5) is 12.7. The first-order valence-electron chi connectivity index (χ1n) is 7.53. The molecule has 0 atom stereocenters. The van der Waals surface area contributed by atoms with E-state index in [1.807, 2.05) is 13.0 Å². The summed E-state index contributed by atoms with van der Waals surface area (Å²) in [7, 11) is 0. The molecule has 0 aliphatic heterocycles. The lowest BCUT2D eigenvalue weighted by Gasteiger charge is -2.14. The van der Waals surface area contributed by atoms with Crippen molar-refractivity contribution in [1.29, 1.82) is 5.26 Å². The molecule has 10 heteroatoms. The van der Waals surface area contributed by atoms with Crippen LogP contribution in [0.25, 0.3) is 0 Å². The van der Waals surface area contributed by atoms with Gasteiger partial charge in [0.05, 0.1) is 0 Å². The number of nitrogens with zero attached hydrogens (tertiary/aromatic N) is 5. The van der Waals surface area contributed by atoms with Crippen LogP contribution in [0.2, 0.25) is 5.22 Å². The number of nitriles is 1. The number of rotatable bonds is 7. The van der Waals surface area contributed by atoms with Crippen LogP contribution in [0.1, 0.15) is 31.4 Å². The smallest absolute Gasteiger partial charge is 0.283 e. The predicted octanol–water partition coefficient (Wildman–Crippen LogP) is 3.43. The monoisotopic (exact) mass is 365 g/mol. The van der Waals surface area contributed by atoms with Crippen molar-refractivity contribution in [1.82, 2.24) is 9.72 Å². The summed E-state index contributed by atoms with van der Waals surface area (Å²) < 4.78 is 10.8. The fourth-order valence-corrected chi connectivity index (χ4v) is 2.28. The van der Waals surface area contributed by atoms with E-state index in [9.17, 15) is 15.2 Å². The first-order chi connectivity index (χ1) is 12.0. The lowest BCUT2D eigenvalue weighted by molar-refractivity contribution is 0.0794. The van der Waals surface area contributed by atoms with Gasteiger partial charge in [-0.3, -0.25) is 9.36 Å². The van der Waals surface area contributed by atoms with Gasteiger partial charge in [-0.2, -0.15) is 5.26 Å². The van der Waals surface area contributed by atoms with Crippen molar-refractivity contribution >= 4 is 23.1 Å². The molecule has 132 valence electrons. The van der Waals surface area contributed by atoms with Crippen LogP contribution >= 0.6 is 11.6 Å². The molecule has 2 heterocycles. The Balaban J connectivity index is 2.63. The van der Waals surface area contributed by atoms with Gasteiger partial charge in [0.15, 0.2) is 5.69 Å². The molecule has 25 heavy (non-hydrogen) atoms. The molecule has 0 amide bonds. The van der Waals surface area contributed by atoms with E-state index in [-0.39, 0.29) is 29.0 Å². The summed E-state index contributed by atoms with van der Waals surface area (Å²) in [6, 6.07) is 3.24. The lowest BCUT2D eigenvalue weighted by Crippen LogP contribution is -2.23. The van der Waals surface area contributed by atoms with Crippen molar-refractivity contribution in [2.45, 2.75) is 33.4 Å². The van der Waals surface area contributed by atoms with E-state index in [1.165, 1.54) is 6.07 Å². The summed E-state index contributed by atoms with van der Waals surface area (Å²) in [6.07, 6.45) is 1.01. The fourth-order valence-electron chi connectivity index (χ4n) is 2.15. The van der Waals surface area contributed by atoms with Crippen molar-refractivity contribution in [3.05, 3.63) is 32.8 Å². The minimum atomic E-state index is -0.619. The second kappa shape index (κ2) is 8.41. The van der Waals surface area contributed by atoms with Crippen LogP contribution in [0.4, 0.5) is 11.5 Å². The van der Waals surface area contributed by atoms with E-state index in [4.69, 9.17) is 16.3 Å². The van der Waals surface area contributed by atoms with Gasteiger partial charge in [-0.25, -0.2) is 0 Å². The van der Waals surface area contributed by atoms with Crippen LogP contribution < -0.4 is 5.56 Å². The Bertz CT molecular complexity index is 881. The zero-order valence-electron chi connectivity index (χ0n) is 13.7. The van der Waals surface area contributed by atoms with E-state index in [0.717, 1.165) is 4.57 Å².